The molecule has 18 heavy (non-hydrogen) atoms. The molecule has 2 aromatic rings. The quantitative estimate of drug-likeness (QED) is 0.863. The lowest BCUT2D eigenvalue weighted by Crippen LogP contribution is -2.44. The van der Waals surface area contributed by atoms with Crippen LogP contribution in [0.1, 0.15) is 18.4 Å². The van der Waals surface area contributed by atoms with Crippen LogP contribution in [-0.2, 0) is 6.54 Å². The van der Waals surface area contributed by atoms with Crippen molar-refractivity contribution in [1.82, 2.24) is 10.3 Å². The van der Waals surface area contributed by atoms with Crippen molar-refractivity contribution >= 4 is 10.9 Å². The van der Waals surface area contributed by atoms with Gasteiger partial charge in [0.05, 0.1) is 0 Å². The van der Waals surface area contributed by atoms with Gasteiger partial charge in [0.1, 0.15) is 5.54 Å². The Labute approximate surface area is 102 Å². The molecular formula is C13H13F3N2. The molecule has 1 aliphatic carbocycles. The van der Waals surface area contributed by atoms with Crippen LogP contribution in [0.25, 0.3) is 10.9 Å². The van der Waals surface area contributed by atoms with Crippen molar-refractivity contribution in [2.75, 3.05) is 0 Å². The summed E-state index contributed by atoms with van der Waals surface area (Å²) in [6.07, 6.45) is -2.03. The Morgan fingerprint density at radius 1 is 1.22 bits per heavy atom. The Morgan fingerprint density at radius 3 is 2.61 bits per heavy atom. The number of alkyl halides is 3. The lowest BCUT2D eigenvalue weighted by molar-refractivity contribution is -0.166. The van der Waals surface area contributed by atoms with Gasteiger partial charge in [-0.15, -0.1) is 0 Å². The highest BCUT2D eigenvalue weighted by Gasteiger charge is 2.62. The molecule has 3 rings (SSSR count). The first-order valence-corrected chi connectivity index (χ1v) is 5.89. The smallest absolute Gasteiger partial charge is 0.361 e. The van der Waals surface area contributed by atoms with Gasteiger partial charge >= 0.3 is 6.18 Å². The first-order chi connectivity index (χ1) is 8.52. The number of H-pyrrole nitrogens is 1. The molecule has 2 nitrogen and oxygen atoms in total. The number of hydrogen-bond donors (Lipinski definition) is 2. The third kappa shape index (κ3) is 1.79. The van der Waals surface area contributed by atoms with Gasteiger partial charge < -0.3 is 4.98 Å². The standard InChI is InChI=1S/C13H13F3N2/c14-13(15,16)12(5-6-12)18-8-9-7-17-11-4-2-1-3-10(9)11/h1-4,7,17-18H,5-6,8H2. The van der Waals surface area contributed by atoms with Crippen molar-refractivity contribution in [3.63, 3.8) is 0 Å². The van der Waals surface area contributed by atoms with Gasteiger partial charge in [0.25, 0.3) is 0 Å². The second-order valence-electron chi connectivity index (χ2n) is 4.79. The minimum Gasteiger partial charge on any atom is -0.361 e. The topological polar surface area (TPSA) is 27.8 Å². The molecule has 0 bridgehead atoms. The van der Waals surface area contributed by atoms with Crippen LogP contribution in [0.5, 0.6) is 0 Å². The molecule has 0 spiro atoms. The Hall–Kier alpha value is -1.49. The lowest BCUT2D eigenvalue weighted by Gasteiger charge is -2.20. The third-order valence-electron chi connectivity index (χ3n) is 3.58. The van der Waals surface area contributed by atoms with Gasteiger partial charge in [-0.05, 0) is 24.5 Å². The van der Waals surface area contributed by atoms with E-state index < -0.39 is 11.7 Å². The zero-order chi connectivity index (χ0) is 12.8. The molecule has 1 heterocycles. The Balaban J connectivity index is 1.78. The summed E-state index contributed by atoms with van der Waals surface area (Å²) in [6, 6.07) is 7.61. The average molecular weight is 254 g/mol. The molecule has 1 saturated carbocycles. The van der Waals surface area contributed by atoms with E-state index in [2.05, 4.69) is 10.3 Å². The summed E-state index contributed by atoms with van der Waals surface area (Å²) in [5, 5.41) is 3.63. The van der Waals surface area contributed by atoms with Gasteiger partial charge in [-0.2, -0.15) is 13.2 Å². The van der Waals surface area contributed by atoms with Gasteiger partial charge in [-0.1, -0.05) is 18.2 Å². The largest absolute Gasteiger partial charge is 0.406 e. The first kappa shape index (κ1) is 11.6. The molecular weight excluding hydrogens is 241 g/mol. The SMILES string of the molecule is FC(F)(F)C1(NCc2c[nH]c3ccccc23)CC1. The van der Waals surface area contributed by atoms with Gasteiger partial charge in [0.15, 0.2) is 0 Å². The van der Waals surface area contributed by atoms with Crippen molar-refractivity contribution < 1.29 is 13.2 Å². The van der Waals surface area contributed by atoms with Crippen molar-refractivity contribution in [2.24, 2.45) is 0 Å². The summed E-state index contributed by atoms with van der Waals surface area (Å²) in [7, 11) is 0. The summed E-state index contributed by atoms with van der Waals surface area (Å²) in [4.78, 5) is 3.06. The van der Waals surface area contributed by atoms with E-state index in [0.717, 1.165) is 16.5 Å². The fraction of sp³-hybridized carbons (Fsp3) is 0.385. The van der Waals surface area contributed by atoms with E-state index in [1.165, 1.54) is 0 Å². The molecule has 0 saturated heterocycles. The van der Waals surface area contributed by atoms with E-state index in [4.69, 9.17) is 0 Å². The molecule has 1 aliphatic rings. The molecule has 2 N–H and O–H groups in total. The number of fused-ring (bicyclic) bond motifs is 1. The summed E-state index contributed by atoms with van der Waals surface area (Å²) in [5.41, 5.74) is 0.179. The minimum absolute atomic E-state index is 0.179. The molecule has 0 amide bonds. The maximum absolute atomic E-state index is 12.8. The number of benzene rings is 1. The Bertz CT molecular complexity index is 567. The summed E-state index contributed by atoms with van der Waals surface area (Å²) in [6.45, 7) is 0.240. The molecule has 0 atom stereocenters. The van der Waals surface area contributed by atoms with Crippen LogP contribution in [0.15, 0.2) is 30.5 Å². The number of aromatic amines is 1. The Kier molecular flexibility index (Phi) is 2.41. The first-order valence-electron chi connectivity index (χ1n) is 5.89. The third-order valence-corrected chi connectivity index (χ3v) is 3.58. The maximum atomic E-state index is 12.8. The van der Waals surface area contributed by atoms with Crippen LogP contribution in [0.4, 0.5) is 13.2 Å². The van der Waals surface area contributed by atoms with Gasteiger partial charge in [-0.25, -0.2) is 0 Å². The predicted molar refractivity (Wildman–Crippen MR) is 63.2 cm³/mol. The zero-order valence-electron chi connectivity index (χ0n) is 9.64. The van der Waals surface area contributed by atoms with E-state index in [9.17, 15) is 13.2 Å². The number of aromatic nitrogens is 1. The number of halogens is 3. The molecule has 5 heteroatoms. The van der Waals surface area contributed by atoms with E-state index in [1.54, 1.807) is 6.20 Å². The molecule has 0 radical (unpaired) electrons. The average Bonchev–Trinajstić information content (AvgIpc) is 3.02. The second-order valence-corrected chi connectivity index (χ2v) is 4.79. The number of para-hydroxylation sites is 1. The van der Waals surface area contributed by atoms with Crippen LogP contribution >= 0.6 is 0 Å². The monoisotopic (exact) mass is 254 g/mol. The molecule has 1 aromatic heterocycles. The summed E-state index contributed by atoms with van der Waals surface area (Å²) < 4.78 is 38.3. The summed E-state index contributed by atoms with van der Waals surface area (Å²) in [5.74, 6) is 0. The Morgan fingerprint density at radius 2 is 1.94 bits per heavy atom. The highest BCUT2D eigenvalue weighted by molar-refractivity contribution is 5.82. The van der Waals surface area contributed by atoms with E-state index in [0.29, 0.717) is 0 Å². The van der Waals surface area contributed by atoms with Crippen LogP contribution in [0.2, 0.25) is 0 Å². The molecule has 1 fully saturated rings. The maximum Gasteiger partial charge on any atom is 0.406 e. The fourth-order valence-corrected chi connectivity index (χ4v) is 2.23. The van der Waals surface area contributed by atoms with Gasteiger partial charge in [0.2, 0.25) is 0 Å². The minimum atomic E-state index is -4.15. The zero-order valence-corrected chi connectivity index (χ0v) is 9.64. The van der Waals surface area contributed by atoms with E-state index in [1.807, 2.05) is 24.3 Å². The van der Waals surface area contributed by atoms with E-state index in [-0.39, 0.29) is 19.4 Å². The summed E-state index contributed by atoms with van der Waals surface area (Å²) >= 11 is 0. The predicted octanol–water partition coefficient (Wildman–Crippen LogP) is 3.35. The molecule has 0 unspecified atom stereocenters. The number of nitrogens with one attached hydrogen (secondary N) is 2. The van der Waals surface area contributed by atoms with Gasteiger partial charge in [0, 0.05) is 23.6 Å². The van der Waals surface area contributed by atoms with Crippen LogP contribution in [0.3, 0.4) is 0 Å². The molecule has 0 aliphatic heterocycles. The van der Waals surface area contributed by atoms with Crippen molar-refractivity contribution in [3.8, 4) is 0 Å². The highest BCUT2D eigenvalue weighted by Crippen LogP contribution is 2.49. The lowest BCUT2D eigenvalue weighted by atomic mass is 10.1. The fourth-order valence-electron chi connectivity index (χ4n) is 2.23. The molecule has 96 valence electrons. The normalized spacial score (nSPS) is 18.2. The van der Waals surface area contributed by atoms with E-state index >= 15 is 0 Å². The van der Waals surface area contributed by atoms with Crippen molar-refractivity contribution in [3.05, 3.63) is 36.0 Å². The molecule has 1 aromatic carbocycles. The van der Waals surface area contributed by atoms with Crippen LogP contribution < -0.4 is 5.32 Å². The second kappa shape index (κ2) is 3.75. The van der Waals surface area contributed by atoms with Crippen LogP contribution in [0, 0.1) is 0 Å². The van der Waals surface area contributed by atoms with Gasteiger partial charge in [-0.3, -0.25) is 5.32 Å². The number of hydrogen-bond acceptors (Lipinski definition) is 1. The van der Waals surface area contributed by atoms with Crippen LogP contribution in [-0.4, -0.2) is 16.7 Å². The van der Waals surface area contributed by atoms with Crippen molar-refractivity contribution in [1.29, 1.82) is 0 Å². The van der Waals surface area contributed by atoms with Crippen molar-refractivity contribution in [2.45, 2.75) is 31.1 Å². The highest BCUT2D eigenvalue weighted by atomic mass is 19.4. The number of rotatable bonds is 3.